The quantitative estimate of drug-likeness (QED) is 0.734. The third-order valence-corrected chi connectivity index (χ3v) is 2.38. The summed E-state index contributed by atoms with van der Waals surface area (Å²) in [5.41, 5.74) is 0.762. The molecule has 70 valence electrons. The molecule has 0 aliphatic heterocycles. The summed E-state index contributed by atoms with van der Waals surface area (Å²) < 4.78 is 10.8. The Morgan fingerprint density at radius 3 is 2.54 bits per heavy atom. The predicted octanol–water partition coefficient (Wildman–Crippen LogP) is 0.675. The van der Waals surface area contributed by atoms with E-state index in [1.54, 1.807) is 6.92 Å². The van der Waals surface area contributed by atoms with Crippen LogP contribution in [0.1, 0.15) is 15.9 Å². The van der Waals surface area contributed by atoms with Crippen LogP contribution in [-0.4, -0.2) is 15.3 Å². The molecule has 4 nitrogen and oxygen atoms in total. The molecule has 5 heteroatoms. The molecule has 0 radical (unpaired) electrons. The van der Waals surface area contributed by atoms with E-state index >= 15 is 0 Å². The molecule has 0 bridgehead atoms. The fourth-order valence-electron chi connectivity index (χ4n) is 1.00. The van der Waals surface area contributed by atoms with Crippen molar-refractivity contribution in [3.63, 3.8) is 0 Å². The van der Waals surface area contributed by atoms with Crippen molar-refractivity contribution in [3.05, 3.63) is 29.3 Å². The molecule has 1 aromatic rings. The highest BCUT2D eigenvalue weighted by Crippen LogP contribution is 2.12. The van der Waals surface area contributed by atoms with Crippen LogP contribution in [0.15, 0.2) is 23.1 Å². The summed E-state index contributed by atoms with van der Waals surface area (Å²) in [4.78, 5) is 11.0. The number of aryl methyl sites for hydroxylation is 1. The first-order valence-corrected chi connectivity index (χ1v) is 4.74. The summed E-state index contributed by atoms with van der Waals surface area (Å²) in [6, 6.07) is 4.36. The molecule has 3 N–H and O–H groups in total. The van der Waals surface area contributed by atoms with Gasteiger partial charge in [-0.3, -0.25) is 0 Å². The van der Waals surface area contributed by atoms with Gasteiger partial charge in [-0.05, 0) is 30.7 Å². The Labute approximate surface area is 78.0 Å². The van der Waals surface area contributed by atoms with Crippen molar-refractivity contribution in [1.82, 2.24) is 0 Å². The third-order valence-electron chi connectivity index (χ3n) is 1.66. The van der Waals surface area contributed by atoms with E-state index in [4.69, 9.17) is 10.2 Å². The topological polar surface area (TPSA) is 80.4 Å². The van der Waals surface area contributed by atoms with Crippen molar-refractivity contribution in [2.45, 2.75) is 11.8 Å². The van der Waals surface area contributed by atoms with Gasteiger partial charge >= 0.3 is 5.97 Å². The van der Waals surface area contributed by atoms with Gasteiger partial charge in [0.1, 0.15) is 11.0 Å². The van der Waals surface area contributed by atoms with Crippen LogP contribution in [0.5, 0.6) is 0 Å². The minimum atomic E-state index is -1.55. The molecule has 0 saturated carbocycles. The van der Waals surface area contributed by atoms with E-state index in [-0.39, 0.29) is 5.56 Å². The zero-order valence-electron chi connectivity index (χ0n) is 6.98. The molecule has 0 saturated heterocycles. The van der Waals surface area contributed by atoms with Crippen LogP contribution < -0.4 is 5.14 Å². The Morgan fingerprint density at radius 2 is 2.15 bits per heavy atom. The molecule has 1 rings (SSSR count). The van der Waals surface area contributed by atoms with Crippen molar-refractivity contribution in [3.8, 4) is 0 Å². The molecule has 0 aliphatic carbocycles. The molecule has 1 atom stereocenters. The van der Waals surface area contributed by atoms with Gasteiger partial charge in [-0.2, -0.15) is 0 Å². The molecule has 0 heterocycles. The van der Waals surface area contributed by atoms with Crippen LogP contribution in [0.4, 0.5) is 0 Å². The van der Waals surface area contributed by atoms with Gasteiger partial charge in [0.05, 0.1) is 10.5 Å². The Kier molecular flexibility index (Phi) is 2.79. The van der Waals surface area contributed by atoms with Crippen molar-refractivity contribution >= 4 is 17.0 Å². The molecule has 13 heavy (non-hydrogen) atoms. The first-order valence-electron chi connectivity index (χ1n) is 3.52. The van der Waals surface area contributed by atoms with Crippen LogP contribution in [0.2, 0.25) is 0 Å². The number of benzene rings is 1. The van der Waals surface area contributed by atoms with Crippen LogP contribution in [0, 0.1) is 6.92 Å². The van der Waals surface area contributed by atoms with E-state index in [0.29, 0.717) is 10.5 Å². The second-order valence-electron chi connectivity index (χ2n) is 2.58. The van der Waals surface area contributed by atoms with Gasteiger partial charge in [-0.25, -0.2) is 14.1 Å². The van der Waals surface area contributed by atoms with E-state index in [0.717, 1.165) is 0 Å². The SMILES string of the molecule is Cc1cc(S(N)=O)ccc1C(=O)O. The van der Waals surface area contributed by atoms with Gasteiger partial charge in [-0.1, -0.05) is 0 Å². The molecular weight excluding hydrogens is 190 g/mol. The zero-order valence-corrected chi connectivity index (χ0v) is 7.80. The van der Waals surface area contributed by atoms with Crippen molar-refractivity contribution in [2.75, 3.05) is 0 Å². The first-order chi connectivity index (χ1) is 6.02. The lowest BCUT2D eigenvalue weighted by molar-refractivity contribution is 0.0696. The second kappa shape index (κ2) is 3.68. The highest BCUT2D eigenvalue weighted by Gasteiger charge is 2.08. The molecule has 1 unspecified atom stereocenters. The van der Waals surface area contributed by atoms with E-state index in [9.17, 15) is 9.00 Å². The number of rotatable bonds is 2. The number of carboxylic acid groups (broad SMARTS) is 1. The van der Waals surface area contributed by atoms with Crippen LogP contribution >= 0.6 is 0 Å². The van der Waals surface area contributed by atoms with E-state index < -0.39 is 17.0 Å². The summed E-state index contributed by atoms with van der Waals surface area (Å²) in [6.07, 6.45) is 0. The zero-order chi connectivity index (χ0) is 10.0. The molecule has 0 fully saturated rings. The molecule has 0 amide bonds. The van der Waals surface area contributed by atoms with E-state index in [1.807, 2.05) is 0 Å². The Morgan fingerprint density at radius 1 is 1.54 bits per heavy atom. The second-order valence-corrected chi connectivity index (χ2v) is 3.65. The summed E-state index contributed by atoms with van der Waals surface area (Å²) in [5.74, 6) is -0.994. The average Bonchev–Trinajstić information content (AvgIpc) is 2.03. The smallest absolute Gasteiger partial charge is 0.335 e. The average molecular weight is 199 g/mol. The number of carboxylic acids is 1. The standard InChI is InChI=1S/C8H9NO3S/c1-5-4-6(13(9)12)2-3-7(5)8(10)11/h2-4H,9H2,1H3,(H,10,11). The van der Waals surface area contributed by atoms with Crippen LogP contribution in [0.3, 0.4) is 0 Å². The summed E-state index contributed by atoms with van der Waals surface area (Å²) in [5, 5.41) is 13.8. The fourth-order valence-corrected chi connectivity index (χ4v) is 1.50. The Balaban J connectivity index is 3.20. The van der Waals surface area contributed by atoms with Crippen molar-refractivity contribution in [2.24, 2.45) is 5.14 Å². The van der Waals surface area contributed by atoms with Crippen LogP contribution in [-0.2, 0) is 11.0 Å². The first kappa shape index (κ1) is 9.88. The Hall–Kier alpha value is -1.20. The lowest BCUT2D eigenvalue weighted by atomic mass is 10.1. The molecule has 1 aromatic carbocycles. The van der Waals surface area contributed by atoms with Gasteiger partial charge < -0.3 is 5.11 Å². The maximum absolute atomic E-state index is 10.8. The molecular formula is C8H9NO3S. The fraction of sp³-hybridized carbons (Fsp3) is 0.125. The monoisotopic (exact) mass is 199 g/mol. The Bertz CT molecular complexity index is 376. The highest BCUT2D eigenvalue weighted by molar-refractivity contribution is 7.82. The third kappa shape index (κ3) is 2.13. The molecule has 0 aromatic heterocycles. The largest absolute Gasteiger partial charge is 0.478 e. The minimum Gasteiger partial charge on any atom is -0.478 e. The lowest BCUT2D eigenvalue weighted by Crippen LogP contribution is -2.05. The number of aromatic carboxylic acids is 1. The normalized spacial score (nSPS) is 12.5. The van der Waals surface area contributed by atoms with Gasteiger partial charge in [0.2, 0.25) is 0 Å². The van der Waals surface area contributed by atoms with Crippen LogP contribution in [0.25, 0.3) is 0 Å². The number of carbonyl (C=O) groups is 1. The lowest BCUT2D eigenvalue weighted by Gasteiger charge is -2.01. The number of nitrogens with two attached hydrogens (primary N) is 1. The van der Waals surface area contributed by atoms with Crippen molar-refractivity contribution in [1.29, 1.82) is 0 Å². The van der Waals surface area contributed by atoms with Gasteiger partial charge in [0.15, 0.2) is 0 Å². The maximum Gasteiger partial charge on any atom is 0.335 e. The summed E-state index contributed by atoms with van der Waals surface area (Å²) >= 11 is 0. The molecule has 0 aliphatic rings. The molecule has 0 spiro atoms. The van der Waals surface area contributed by atoms with E-state index in [2.05, 4.69) is 0 Å². The van der Waals surface area contributed by atoms with Gasteiger partial charge in [-0.15, -0.1) is 0 Å². The summed E-state index contributed by atoms with van der Waals surface area (Å²) in [7, 11) is -1.55. The van der Waals surface area contributed by atoms with Gasteiger partial charge in [0.25, 0.3) is 0 Å². The van der Waals surface area contributed by atoms with E-state index in [1.165, 1.54) is 18.2 Å². The number of hydrogen-bond donors (Lipinski definition) is 2. The highest BCUT2D eigenvalue weighted by atomic mass is 32.2. The predicted molar refractivity (Wildman–Crippen MR) is 48.7 cm³/mol. The summed E-state index contributed by atoms with van der Waals surface area (Å²) in [6.45, 7) is 1.64. The number of hydrogen-bond acceptors (Lipinski definition) is 2. The van der Waals surface area contributed by atoms with Crippen molar-refractivity contribution < 1.29 is 14.1 Å². The minimum absolute atomic E-state index is 0.203. The maximum atomic E-state index is 10.8. The van der Waals surface area contributed by atoms with Gasteiger partial charge in [0, 0.05) is 0 Å².